The minimum Gasteiger partial charge on any atom is -0.465 e. The highest BCUT2D eigenvalue weighted by Gasteiger charge is 2.19. The number of nitrogens with zero attached hydrogens (tertiary/aromatic N) is 2. The number of amides is 3. The number of anilines is 3. The summed E-state index contributed by atoms with van der Waals surface area (Å²) in [4.78, 5) is 42.8. The van der Waals surface area contributed by atoms with Crippen LogP contribution < -0.4 is 15.5 Å². The van der Waals surface area contributed by atoms with Gasteiger partial charge in [-0.05, 0) is 74.2 Å². The Labute approximate surface area is 249 Å². The van der Waals surface area contributed by atoms with Gasteiger partial charge in [-0.3, -0.25) is 15.0 Å². The van der Waals surface area contributed by atoms with Crippen LogP contribution in [0.5, 0.6) is 0 Å². The summed E-state index contributed by atoms with van der Waals surface area (Å²) in [6, 6.07) is 22.2. The molecule has 0 aliphatic carbocycles. The molecule has 0 aliphatic heterocycles. The van der Waals surface area contributed by atoms with E-state index in [-0.39, 0.29) is 12.5 Å². The van der Waals surface area contributed by atoms with Gasteiger partial charge in [0, 0.05) is 35.3 Å². The van der Waals surface area contributed by atoms with Crippen LogP contribution in [-0.2, 0) is 17.6 Å². The van der Waals surface area contributed by atoms with E-state index in [9.17, 15) is 19.5 Å². The van der Waals surface area contributed by atoms with Crippen molar-refractivity contribution >= 4 is 45.9 Å². The summed E-state index contributed by atoms with van der Waals surface area (Å²) in [5.74, 6) is -0.257. The number of nitrogens with one attached hydrogen (secondary N) is 2. The number of thiazole rings is 1. The van der Waals surface area contributed by atoms with Crippen molar-refractivity contribution in [3.63, 3.8) is 0 Å². The molecule has 0 bridgehead atoms. The lowest BCUT2D eigenvalue weighted by Crippen LogP contribution is -2.31. The molecule has 3 aromatic carbocycles. The lowest BCUT2D eigenvalue weighted by molar-refractivity contribution is 0.0635. The quantitative estimate of drug-likeness (QED) is 0.185. The van der Waals surface area contributed by atoms with Crippen molar-refractivity contribution in [2.75, 3.05) is 22.1 Å². The number of aryl methyl sites for hydroxylation is 1. The summed E-state index contributed by atoms with van der Waals surface area (Å²) in [6.45, 7) is 7.57. The van der Waals surface area contributed by atoms with Gasteiger partial charge in [-0.25, -0.2) is 14.6 Å². The second-order valence-corrected chi connectivity index (χ2v) is 11.4. The zero-order valence-electron chi connectivity index (χ0n) is 24.0. The van der Waals surface area contributed by atoms with Gasteiger partial charge in [0.05, 0.1) is 5.69 Å². The van der Waals surface area contributed by atoms with Crippen molar-refractivity contribution in [3.05, 3.63) is 95.0 Å². The van der Waals surface area contributed by atoms with E-state index >= 15 is 0 Å². The molecule has 1 heterocycles. The van der Waals surface area contributed by atoms with Crippen molar-refractivity contribution < 1.29 is 24.2 Å². The highest BCUT2D eigenvalue weighted by Crippen LogP contribution is 2.26. The van der Waals surface area contributed by atoms with Gasteiger partial charge < -0.3 is 15.2 Å². The average Bonchev–Trinajstić information content (AvgIpc) is 3.39. The Morgan fingerprint density at radius 2 is 1.64 bits per heavy atom. The summed E-state index contributed by atoms with van der Waals surface area (Å²) in [5.41, 5.74) is 4.57. The molecule has 4 aromatic rings. The number of hydrogen-bond acceptors (Lipinski definition) is 6. The number of hydrogen-bond donors (Lipinski definition) is 3. The Hall–Kier alpha value is -4.70. The minimum absolute atomic E-state index is 0.154. The first-order valence-corrected chi connectivity index (χ1v) is 14.4. The van der Waals surface area contributed by atoms with Gasteiger partial charge in [0.2, 0.25) is 0 Å². The Morgan fingerprint density at radius 1 is 0.952 bits per heavy atom. The molecule has 3 N–H and O–H groups in total. The van der Waals surface area contributed by atoms with Crippen LogP contribution in [0.15, 0.2) is 78.2 Å². The van der Waals surface area contributed by atoms with Crippen molar-refractivity contribution in [3.8, 4) is 11.1 Å². The third-order valence-electron chi connectivity index (χ3n) is 6.26. The van der Waals surface area contributed by atoms with Crippen LogP contribution in [0.3, 0.4) is 0 Å². The van der Waals surface area contributed by atoms with E-state index in [1.165, 1.54) is 21.8 Å². The smallest absolute Gasteiger partial charge is 0.413 e. The first-order chi connectivity index (χ1) is 20.0. The standard InChI is InChI=1S/C32H34N4O5S/c1-5-21-10-12-22(13-11-21)26-8-6-7-9-27(26)28(37)33-23-14-16-25(17-15-23)36(31(39)40)19-18-24-20-42-29(34-24)35-30(38)41-32(2,3)4/h6-17,20H,5,18-19H2,1-4H3,(H,33,37)(H,39,40)(H,34,35,38). The van der Waals surface area contributed by atoms with Crippen molar-refractivity contribution in [1.29, 1.82) is 0 Å². The topological polar surface area (TPSA) is 121 Å². The van der Waals surface area contributed by atoms with E-state index in [0.29, 0.717) is 34.2 Å². The molecule has 0 fully saturated rings. The van der Waals surface area contributed by atoms with E-state index < -0.39 is 17.8 Å². The molecule has 0 saturated carbocycles. The Bertz CT molecular complexity index is 1540. The first-order valence-electron chi connectivity index (χ1n) is 13.6. The molecule has 0 spiro atoms. The molecule has 42 heavy (non-hydrogen) atoms. The van der Waals surface area contributed by atoms with Crippen LogP contribution >= 0.6 is 11.3 Å². The van der Waals surface area contributed by atoms with E-state index in [0.717, 1.165) is 17.5 Å². The lowest BCUT2D eigenvalue weighted by Gasteiger charge is -2.19. The summed E-state index contributed by atoms with van der Waals surface area (Å²) in [5, 5.41) is 17.5. The molecule has 0 saturated heterocycles. The highest BCUT2D eigenvalue weighted by atomic mass is 32.1. The van der Waals surface area contributed by atoms with Gasteiger partial charge in [0.15, 0.2) is 5.13 Å². The number of aromatic nitrogens is 1. The first kappa shape index (κ1) is 30.3. The van der Waals surface area contributed by atoms with E-state index in [4.69, 9.17) is 4.74 Å². The monoisotopic (exact) mass is 586 g/mol. The Kier molecular flexibility index (Phi) is 9.59. The van der Waals surface area contributed by atoms with Crippen LogP contribution in [0.1, 0.15) is 49.3 Å². The van der Waals surface area contributed by atoms with E-state index in [2.05, 4.69) is 34.7 Å². The van der Waals surface area contributed by atoms with E-state index in [1.807, 2.05) is 30.3 Å². The molecule has 218 valence electrons. The second kappa shape index (κ2) is 13.3. The molecule has 9 nitrogen and oxygen atoms in total. The number of rotatable bonds is 9. The van der Waals surface area contributed by atoms with Gasteiger partial charge in [-0.2, -0.15) is 0 Å². The van der Waals surface area contributed by atoms with Crippen molar-refractivity contribution in [2.45, 2.75) is 46.1 Å². The zero-order chi connectivity index (χ0) is 30.3. The number of benzene rings is 3. The average molecular weight is 587 g/mol. The maximum absolute atomic E-state index is 13.2. The lowest BCUT2D eigenvalue weighted by atomic mass is 9.98. The summed E-state index contributed by atoms with van der Waals surface area (Å²) >= 11 is 1.24. The van der Waals surface area contributed by atoms with Gasteiger partial charge in [0.1, 0.15) is 5.60 Å². The zero-order valence-corrected chi connectivity index (χ0v) is 24.8. The number of carboxylic acid groups (broad SMARTS) is 1. The molecule has 3 amide bonds. The molecule has 0 aliphatic rings. The fourth-order valence-electron chi connectivity index (χ4n) is 4.21. The second-order valence-electron chi connectivity index (χ2n) is 10.6. The minimum atomic E-state index is -1.11. The fraction of sp³-hybridized carbons (Fsp3) is 0.250. The number of ether oxygens (including phenoxy) is 1. The summed E-state index contributed by atoms with van der Waals surface area (Å²) < 4.78 is 5.24. The molecule has 0 unspecified atom stereocenters. The third-order valence-corrected chi connectivity index (χ3v) is 7.07. The predicted octanol–water partition coefficient (Wildman–Crippen LogP) is 7.70. The molecule has 0 radical (unpaired) electrons. The molecular formula is C32H34N4O5S. The Morgan fingerprint density at radius 3 is 2.29 bits per heavy atom. The molecule has 1 aromatic heterocycles. The highest BCUT2D eigenvalue weighted by molar-refractivity contribution is 7.13. The van der Waals surface area contributed by atoms with Crippen LogP contribution in [0, 0.1) is 0 Å². The number of carbonyl (C=O) groups excluding carboxylic acids is 2. The summed E-state index contributed by atoms with van der Waals surface area (Å²) in [7, 11) is 0. The maximum Gasteiger partial charge on any atom is 0.413 e. The van der Waals surface area contributed by atoms with Crippen LogP contribution in [0.2, 0.25) is 0 Å². The fourth-order valence-corrected chi connectivity index (χ4v) is 4.94. The summed E-state index contributed by atoms with van der Waals surface area (Å²) in [6.07, 6.45) is -0.432. The SMILES string of the molecule is CCc1ccc(-c2ccccc2C(=O)Nc2ccc(N(CCc3csc(NC(=O)OC(C)(C)C)n3)C(=O)O)cc2)cc1. The predicted molar refractivity (Wildman–Crippen MR) is 167 cm³/mol. The van der Waals surface area contributed by atoms with Crippen LogP contribution in [-0.4, -0.2) is 40.3 Å². The van der Waals surface area contributed by atoms with Gasteiger partial charge >= 0.3 is 12.2 Å². The van der Waals surface area contributed by atoms with Crippen LogP contribution in [0.4, 0.5) is 26.1 Å². The maximum atomic E-state index is 13.2. The van der Waals surface area contributed by atoms with Gasteiger partial charge in [-0.15, -0.1) is 11.3 Å². The molecule has 4 rings (SSSR count). The third kappa shape index (κ3) is 8.17. The Balaban J connectivity index is 1.39. The molecule has 10 heteroatoms. The number of carbonyl (C=O) groups is 3. The van der Waals surface area contributed by atoms with Gasteiger partial charge in [0.25, 0.3) is 5.91 Å². The van der Waals surface area contributed by atoms with Crippen molar-refractivity contribution in [2.24, 2.45) is 0 Å². The van der Waals surface area contributed by atoms with E-state index in [1.54, 1.807) is 56.5 Å². The van der Waals surface area contributed by atoms with Gasteiger partial charge in [-0.1, -0.05) is 49.4 Å². The van der Waals surface area contributed by atoms with Crippen molar-refractivity contribution in [1.82, 2.24) is 4.98 Å². The largest absolute Gasteiger partial charge is 0.465 e. The molecule has 0 atom stereocenters. The van der Waals surface area contributed by atoms with Crippen LogP contribution in [0.25, 0.3) is 11.1 Å². The molecular weight excluding hydrogens is 552 g/mol. The normalized spacial score (nSPS) is 11.0.